The Kier molecular flexibility index (Phi) is 7.04. The van der Waals surface area contributed by atoms with Gasteiger partial charge < -0.3 is 0 Å². The third kappa shape index (κ3) is 4.04. The summed E-state index contributed by atoms with van der Waals surface area (Å²) >= 11 is 0. The van der Waals surface area contributed by atoms with E-state index in [-0.39, 0.29) is 13.1 Å². The number of nitrogens with zero attached hydrogens (tertiary/aromatic N) is 2. The van der Waals surface area contributed by atoms with Gasteiger partial charge in [-0.25, -0.2) is 10.1 Å². The van der Waals surface area contributed by atoms with Gasteiger partial charge in [0.05, 0.1) is 0 Å². The van der Waals surface area contributed by atoms with Crippen LogP contribution in [0.4, 0.5) is 0 Å². The average Bonchev–Trinajstić information content (AvgIpc) is 2.40. The van der Waals surface area contributed by atoms with Crippen molar-refractivity contribution in [2.24, 2.45) is 0 Å². The predicted octanol–water partition coefficient (Wildman–Crippen LogP) is -0.0125. The Labute approximate surface area is 109 Å². The highest BCUT2D eigenvalue weighted by Gasteiger charge is 2.32. The number of hydrogen-bond donors (Lipinski definition) is 2. The molecule has 0 spiro atoms. The van der Waals surface area contributed by atoms with Gasteiger partial charge in [-0.2, -0.15) is 0 Å². The Morgan fingerprint density at radius 2 is 1.28 bits per heavy atom. The molecule has 0 radical (unpaired) electrons. The van der Waals surface area contributed by atoms with Crippen molar-refractivity contribution in [1.82, 2.24) is 10.1 Å². The van der Waals surface area contributed by atoms with E-state index >= 15 is 0 Å². The van der Waals surface area contributed by atoms with Crippen LogP contribution in [0.5, 0.6) is 0 Å². The first-order valence-electron chi connectivity index (χ1n) is 5.67. The first-order valence-corrected chi connectivity index (χ1v) is 6.95. The minimum atomic E-state index is -1.82. The van der Waals surface area contributed by atoms with Gasteiger partial charge in [-0.15, -0.1) is 0 Å². The first-order chi connectivity index (χ1) is 8.27. The molecule has 2 amide bonds. The maximum atomic E-state index is 12.0. The molecule has 0 saturated carbocycles. The van der Waals surface area contributed by atoms with Crippen LogP contribution in [-0.4, -0.2) is 60.2 Å². The normalized spacial score (nSPS) is 14.2. The second-order valence-corrected chi connectivity index (χ2v) is 5.79. The van der Waals surface area contributed by atoms with E-state index in [0.717, 1.165) is 0 Å². The molecule has 0 unspecified atom stereocenters. The standard InChI is InChI=1S/C10H20N2O5S/c1-5-11(15)9(13)7(3)18(17)8(4)10(14)12(16)6-2/h7-8,15-16H,5-6H2,1-4H3/t7-,8-/m0/s1. The van der Waals surface area contributed by atoms with Gasteiger partial charge in [0, 0.05) is 23.9 Å². The van der Waals surface area contributed by atoms with Crippen molar-refractivity contribution in [1.29, 1.82) is 0 Å². The van der Waals surface area contributed by atoms with E-state index in [0.29, 0.717) is 10.1 Å². The van der Waals surface area contributed by atoms with Crippen molar-refractivity contribution in [3.8, 4) is 0 Å². The third-order valence-electron chi connectivity index (χ3n) is 2.50. The van der Waals surface area contributed by atoms with Crippen molar-refractivity contribution < 1.29 is 24.2 Å². The average molecular weight is 280 g/mol. The van der Waals surface area contributed by atoms with Crippen LogP contribution in [-0.2, 0) is 20.4 Å². The molecule has 18 heavy (non-hydrogen) atoms. The van der Waals surface area contributed by atoms with E-state index in [1.807, 2.05) is 0 Å². The molecule has 0 heterocycles. The summed E-state index contributed by atoms with van der Waals surface area (Å²) in [7, 11) is -1.82. The van der Waals surface area contributed by atoms with Gasteiger partial charge in [-0.3, -0.25) is 24.2 Å². The highest BCUT2D eigenvalue weighted by molar-refractivity contribution is 7.87. The number of amides is 2. The molecule has 8 heteroatoms. The van der Waals surface area contributed by atoms with Crippen LogP contribution in [0.1, 0.15) is 27.7 Å². The molecule has 0 aliphatic carbocycles. The first kappa shape index (κ1) is 17.0. The molecule has 0 aromatic rings. The van der Waals surface area contributed by atoms with E-state index in [1.54, 1.807) is 13.8 Å². The van der Waals surface area contributed by atoms with Gasteiger partial charge in [-0.1, -0.05) is 0 Å². The van der Waals surface area contributed by atoms with Crippen LogP contribution in [0.2, 0.25) is 0 Å². The summed E-state index contributed by atoms with van der Waals surface area (Å²) in [5, 5.41) is 17.3. The summed E-state index contributed by atoms with van der Waals surface area (Å²) in [5.41, 5.74) is 0. The van der Waals surface area contributed by atoms with Gasteiger partial charge in [-0.05, 0) is 27.7 Å². The lowest BCUT2D eigenvalue weighted by molar-refractivity contribution is -0.163. The van der Waals surface area contributed by atoms with E-state index in [2.05, 4.69) is 0 Å². The minimum Gasteiger partial charge on any atom is -0.286 e. The zero-order valence-electron chi connectivity index (χ0n) is 11.0. The predicted molar refractivity (Wildman–Crippen MR) is 65.4 cm³/mol. The Morgan fingerprint density at radius 3 is 1.50 bits per heavy atom. The SMILES string of the molecule is CCN(O)C(=O)[C@H](C)S(=O)[C@@H](C)C(=O)N(O)CC. The van der Waals surface area contributed by atoms with Gasteiger partial charge in [0.25, 0.3) is 11.8 Å². The summed E-state index contributed by atoms with van der Waals surface area (Å²) in [5.74, 6) is -1.42. The quantitative estimate of drug-likeness (QED) is 0.526. The summed E-state index contributed by atoms with van der Waals surface area (Å²) in [6, 6.07) is 0. The molecule has 7 nitrogen and oxygen atoms in total. The third-order valence-corrected chi connectivity index (χ3v) is 4.30. The highest BCUT2D eigenvalue weighted by Crippen LogP contribution is 2.09. The Bertz CT molecular complexity index is 306. The van der Waals surface area contributed by atoms with Crippen LogP contribution < -0.4 is 0 Å². The van der Waals surface area contributed by atoms with E-state index in [9.17, 15) is 24.2 Å². The molecular formula is C10H20N2O5S. The van der Waals surface area contributed by atoms with Gasteiger partial charge >= 0.3 is 0 Å². The van der Waals surface area contributed by atoms with Crippen LogP contribution in [0.25, 0.3) is 0 Å². The summed E-state index contributed by atoms with van der Waals surface area (Å²) in [4.78, 5) is 23.2. The van der Waals surface area contributed by atoms with Crippen LogP contribution in [0, 0.1) is 0 Å². The number of carbonyl (C=O) groups is 2. The van der Waals surface area contributed by atoms with Gasteiger partial charge in [0.15, 0.2) is 0 Å². The maximum Gasteiger partial charge on any atom is 0.261 e. The van der Waals surface area contributed by atoms with E-state index in [1.165, 1.54) is 13.8 Å². The molecule has 0 aliphatic rings. The number of carbonyl (C=O) groups excluding carboxylic acids is 2. The molecule has 2 N–H and O–H groups in total. The van der Waals surface area contributed by atoms with Crippen LogP contribution >= 0.6 is 0 Å². The van der Waals surface area contributed by atoms with Crippen molar-refractivity contribution in [3.05, 3.63) is 0 Å². The molecule has 0 bridgehead atoms. The number of hydrogen-bond acceptors (Lipinski definition) is 5. The minimum absolute atomic E-state index is 0.0732. The molecule has 106 valence electrons. The fourth-order valence-corrected chi connectivity index (χ4v) is 2.49. The molecule has 0 fully saturated rings. The Hall–Kier alpha value is -0.990. The second-order valence-electron chi connectivity index (χ2n) is 3.72. The molecule has 0 saturated heterocycles. The van der Waals surface area contributed by atoms with E-state index in [4.69, 9.17) is 0 Å². The topological polar surface area (TPSA) is 98.2 Å². The Morgan fingerprint density at radius 1 is 1.00 bits per heavy atom. The number of rotatable bonds is 6. The molecule has 0 aromatic heterocycles. The van der Waals surface area contributed by atoms with Crippen LogP contribution in [0.15, 0.2) is 0 Å². The highest BCUT2D eigenvalue weighted by atomic mass is 32.2. The molecule has 2 atom stereocenters. The zero-order valence-corrected chi connectivity index (χ0v) is 11.8. The van der Waals surface area contributed by atoms with E-state index < -0.39 is 33.1 Å². The van der Waals surface area contributed by atoms with Crippen molar-refractivity contribution in [2.75, 3.05) is 13.1 Å². The van der Waals surface area contributed by atoms with Crippen LogP contribution in [0.3, 0.4) is 0 Å². The summed E-state index contributed by atoms with van der Waals surface area (Å²) < 4.78 is 12.0. The lowest BCUT2D eigenvalue weighted by Crippen LogP contribution is -2.44. The summed E-state index contributed by atoms with van der Waals surface area (Å²) in [6.45, 7) is 6.01. The van der Waals surface area contributed by atoms with Crippen molar-refractivity contribution in [2.45, 2.75) is 38.2 Å². The molecule has 0 aromatic carbocycles. The molecular weight excluding hydrogens is 260 g/mol. The smallest absolute Gasteiger partial charge is 0.261 e. The van der Waals surface area contributed by atoms with Gasteiger partial charge in [0.2, 0.25) is 0 Å². The molecule has 0 aliphatic heterocycles. The van der Waals surface area contributed by atoms with Crippen molar-refractivity contribution >= 4 is 22.6 Å². The fraction of sp³-hybridized carbons (Fsp3) is 0.800. The largest absolute Gasteiger partial charge is 0.286 e. The maximum absolute atomic E-state index is 12.0. The second kappa shape index (κ2) is 7.45. The monoisotopic (exact) mass is 280 g/mol. The fourth-order valence-electron chi connectivity index (χ4n) is 1.24. The lowest BCUT2D eigenvalue weighted by Gasteiger charge is -2.22. The Balaban J connectivity index is 4.74. The van der Waals surface area contributed by atoms with Crippen molar-refractivity contribution in [3.63, 3.8) is 0 Å². The number of hydroxylamine groups is 4. The summed E-state index contributed by atoms with van der Waals surface area (Å²) in [6.07, 6.45) is 0. The zero-order chi connectivity index (χ0) is 14.5. The van der Waals surface area contributed by atoms with Gasteiger partial charge in [0.1, 0.15) is 10.5 Å². The molecule has 0 rings (SSSR count). The lowest BCUT2D eigenvalue weighted by atomic mass is 10.4.